The van der Waals surface area contributed by atoms with Crippen LogP contribution in [0.4, 0.5) is 18.9 Å². The summed E-state index contributed by atoms with van der Waals surface area (Å²) in [6.07, 6.45) is -4.47. The second kappa shape index (κ2) is 9.01. The lowest BCUT2D eigenvalue weighted by Gasteiger charge is -2.17. The molecule has 0 spiro atoms. The molecule has 2 unspecified atom stereocenters. The van der Waals surface area contributed by atoms with Gasteiger partial charge < -0.3 is 9.15 Å². The Hall–Kier alpha value is -3.95. The van der Waals surface area contributed by atoms with Gasteiger partial charge in [0.25, 0.3) is 5.69 Å². The Kier molecular flexibility index (Phi) is 6.23. The Bertz CT molecular complexity index is 1330. The van der Waals surface area contributed by atoms with Gasteiger partial charge in [-0.2, -0.15) is 13.2 Å². The topological polar surface area (TPSA) is 99.7 Å². The number of nitrogens with zero attached hydrogens (tertiary/aromatic N) is 1. The number of ketones is 2. The summed E-state index contributed by atoms with van der Waals surface area (Å²) in [4.78, 5) is 36.1. The number of halogens is 3. The molecule has 0 aliphatic heterocycles. The van der Waals surface area contributed by atoms with Crippen molar-refractivity contribution < 1.29 is 36.8 Å². The number of Topliss-reactive ketones (excluding diaryl/α,β-unsaturated/α-hetero) is 2. The summed E-state index contributed by atoms with van der Waals surface area (Å²) in [6.45, 7) is 3.56. The molecule has 0 saturated heterocycles. The summed E-state index contributed by atoms with van der Waals surface area (Å²) in [5, 5.41) is 10.9. The Labute approximate surface area is 197 Å². The fourth-order valence-corrected chi connectivity index (χ4v) is 4.28. The number of hydrogen-bond donors (Lipinski definition) is 0. The fourth-order valence-electron chi connectivity index (χ4n) is 4.28. The third kappa shape index (κ3) is 4.68. The summed E-state index contributed by atoms with van der Waals surface area (Å²) in [5.41, 5.74) is -0.997. The molecule has 1 aliphatic carbocycles. The summed E-state index contributed by atoms with van der Waals surface area (Å²) >= 11 is 0. The van der Waals surface area contributed by atoms with Gasteiger partial charge in [0.05, 0.1) is 10.8 Å². The van der Waals surface area contributed by atoms with Gasteiger partial charge in [0, 0.05) is 18.6 Å². The number of nitro groups is 1. The molecule has 0 radical (unpaired) electrons. The minimum atomic E-state index is -4.90. The molecule has 2 atom stereocenters. The minimum Gasteiger partial charge on any atom is -0.466 e. The van der Waals surface area contributed by atoms with Gasteiger partial charge in [-0.05, 0) is 54.8 Å². The van der Waals surface area contributed by atoms with Crippen molar-refractivity contribution in [3.63, 3.8) is 0 Å². The van der Waals surface area contributed by atoms with E-state index < -0.39 is 39.9 Å². The SMILES string of the molecule is CCc1ccc(Oc2ccc([N+](=O)[O-])cc2C(F)(F)F)cc1C1C(=O)CC(c2ccc(C)o2)C1=O. The van der Waals surface area contributed by atoms with Crippen molar-refractivity contribution >= 4 is 17.3 Å². The van der Waals surface area contributed by atoms with E-state index in [0.29, 0.717) is 35.1 Å². The molecule has 2 aromatic carbocycles. The van der Waals surface area contributed by atoms with Crippen LogP contribution in [0.2, 0.25) is 0 Å². The number of aryl methyl sites for hydroxylation is 2. The van der Waals surface area contributed by atoms with E-state index in [1.165, 1.54) is 12.1 Å². The van der Waals surface area contributed by atoms with Gasteiger partial charge in [-0.3, -0.25) is 19.7 Å². The van der Waals surface area contributed by atoms with Crippen LogP contribution in [0.15, 0.2) is 52.9 Å². The highest BCUT2D eigenvalue weighted by atomic mass is 19.4. The van der Waals surface area contributed by atoms with Crippen molar-refractivity contribution in [1.82, 2.24) is 0 Å². The van der Waals surface area contributed by atoms with Gasteiger partial charge in [0.15, 0.2) is 5.78 Å². The quantitative estimate of drug-likeness (QED) is 0.231. The number of carbonyl (C=O) groups excluding carboxylic acids is 2. The standard InChI is InChI=1S/C25H20F3NO6/c1-3-14-5-7-16(35-22-9-6-15(29(32)33)10-19(22)25(26,27)28)11-17(14)23-20(30)12-18(24(23)31)21-8-4-13(2)34-21/h4-11,18,23H,3,12H2,1-2H3. The Morgan fingerprint density at radius 1 is 1.11 bits per heavy atom. The fraction of sp³-hybridized carbons (Fsp3) is 0.280. The molecule has 3 aromatic rings. The first-order valence-corrected chi connectivity index (χ1v) is 10.8. The van der Waals surface area contributed by atoms with Crippen molar-refractivity contribution in [2.24, 2.45) is 0 Å². The van der Waals surface area contributed by atoms with Gasteiger partial charge in [0.1, 0.15) is 40.3 Å². The summed E-state index contributed by atoms with van der Waals surface area (Å²) in [6, 6.07) is 9.94. The Balaban J connectivity index is 1.71. The van der Waals surface area contributed by atoms with E-state index in [2.05, 4.69) is 0 Å². The highest BCUT2D eigenvalue weighted by molar-refractivity contribution is 6.16. The van der Waals surface area contributed by atoms with Crippen molar-refractivity contribution in [1.29, 1.82) is 0 Å². The zero-order valence-corrected chi connectivity index (χ0v) is 18.7. The molecule has 4 rings (SSSR count). The highest BCUT2D eigenvalue weighted by Crippen LogP contribution is 2.43. The van der Waals surface area contributed by atoms with Gasteiger partial charge in [-0.15, -0.1) is 0 Å². The van der Waals surface area contributed by atoms with E-state index >= 15 is 0 Å². The maximum Gasteiger partial charge on any atom is 0.420 e. The Morgan fingerprint density at radius 2 is 1.86 bits per heavy atom. The smallest absolute Gasteiger partial charge is 0.420 e. The van der Waals surface area contributed by atoms with Gasteiger partial charge in [-0.1, -0.05) is 13.0 Å². The van der Waals surface area contributed by atoms with Crippen molar-refractivity contribution in [3.8, 4) is 11.5 Å². The lowest BCUT2D eigenvalue weighted by atomic mass is 9.89. The largest absolute Gasteiger partial charge is 0.466 e. The number of ether oxygens (including phenoxy) is 1. The van der Waals surface area contributed by atoms with Crippen LogP contribution < -0.4 is 4.74 Å². The summed E-state index contributed by atoms with van der Waals surface area (Å²) < 4.78 is 51.7. The van der Waals surface area contributed by atoms with Gasteiger partial charge >= 0.3 is 6.18 Å². The normalized spacial score (nSPS) is 18.2. The molecule has 1 fully saturated rings. The molecule has 0 bridgehead atoms. The lowest BCUT2D eigenvalue weighted by Crippen LogP contribution is -2.16. The average Bonchev–Trinajstić information content (AvgIpc) is 3.35. The molecule has 1 saturated carbocycles. The van der Waals surface area contributed by atoms with Crippen molar-refractivity contribution in [2.45, 2.75) is 44.7 Å². The van der Waals surface area contributed by atoms with Crippen LogP contribution in [0, 0.1) is 17.0 Å². The monoisotopic (exact) mass is 487 g/mol. The molecule has 182 valence electrons. The van der Waals surface area contributed by atoms with Crippen LogP contribution in [-0.2, 0) is 22.2 Å². The predicted octanol–water partition coefficient (Wildman–Crippen LogP) is 6.28. The third-order valence-electron chi connectivity index (χ3n) is 5.98. The molecule has 35 heavy (non-hydrogen) atoms. The predicted molar refractivity (Wildman–Crippen MR) is 118 cm³/mol. The minimum absolute atomic E-state index is 0.0329. The average molecular weight is 487 g/mol. The summed E-state index contributed by atoms with van der Waals surface area (Å²) in [7, 11) is 0. The second-order valence-corrected chi connectivity index (χ2v) is 8.26. The molecule has 10 heteroatoms. The number of benzene rings is 2. The molecule has 1 heterocycles. The number of non-ortho nitro benzene ring substituents is 1. The van der Waals surface area contributed by atoms with Gasteiger partial charge in [0.2, 0.25) is 0 Å². The van der Waals surface area contributed by atoms with E-state index in [1.807, 2.05) is 6.92 Å². The number of nitro benzene ring substituents is 1. The van der Waals surface area contributed by atoms with Crippen molar-refractivity contribution in [2.75, 3.05) is 0 Å². The molecule has 7 nitrogen and oxygen atoms in total. The number of carbonyl (C=O) groups is 2. The maximum atomic E-state index is 13.5. The van der Waals surface area contributed by atoms with Crippen LogP contribution in [0.25, 0.3) is 0 Å². The van der Waals surface area contributed by atoms with E-state index in [4.69, 9.17) is 9.15 Å². The van der Waals surface area contributed by atoms with Crippen LogP contribution in [0.5, 0.6) is 11.5 Å². The van der Waals surface area contributed by atoms with Crippen molar-refractivity contribution in [3.05, 3.63) is 86.9 Å². The maximum absolute atomic E-state index is 13.5. The lowest BCUT2D eigenvalue weighted by molar-refractivity contribution is -0.385. The molecule has 0 amide bonds. The zero-order chi connectivity index (χ0) is 25.5. The first kappa shape index (κ1) is 24.2. The van der Waals surface area contributed by atoms with E-state index in [9.17, 15) is 32.9 Å². The summed E-state index contributed by atoms with van der Waals surface area (Å²) in [5.74, 6) is -2.15. The molecular weight excluding hydrogens is 467 g/mol. The molecular formula is C25H20F3NO6. The Morgan fingerprint density at radius 3 is 2.46 bits per heavy atom. The van der Waals surface area contributed by atoms with Crippen LogP contribution >= 0.6 is 0 Å². The number of alkyl halides is 3. The zero-order valence-electron chi connectivity index (χ0n) is 18.7. The first-order valence-electron chi connectivity index (χ1n) is 10.8. The van der Waals surface area contributed by atoms with Crippen LogP contribution in [-0.4, -0.2) is 16.5 Å². The van der Waals surface area contributed by atoms with Crippen LogP contribution in [0.1, 0.15) is 53.4 Å². The second-order valence-electron chi connectivity index (χ2n) is 8.26. The van der Waals surface area contributed by atoms with E-state index in [1.54, 1.807) is 25.1 Å². The van der Waals surface area contributed by atoms with Gasteiger partial charge in [-0.25, -0.2) is 0 Å². The molecule has 1 aliphatic rings. The van der Waals surface area contributed by atoms with E-state index in [-0.39, 0.29) is 23.7 Å². The number of furan rings is 1. The number of rotatable bonds is 6. The van der Waals surface area contributed by atoms with E-state index in [0.717, 1.165) is 12.1 Å². The van der Waals surface area contributed by atoms with Crippen LogP contribution in [0.3, 0.4) is 0 Å². The molecule has 1 aromatic heterocycles. The first-order chi connectivity index (χ1) is 16.5. The highest BCUT2D eigenvalue weighted by Gasteiger charge is 2.45. The molecule has 0 N–H and O–H groups in total. The number of hydrogen-bond acceptors (Lipinski definition) is 6. The third-order valence-corrected chi connectivity index (χ3v) is 5.98.